The van der Waals surface area contributed by atoms with E-state index in [0.717, 1.165) is 75.7 Å². The van der Waals surface area contributed by atoms with Gasteiger partial charge in [-0.15, -0.1) is 24.0 Å². The van der Waals surface area contributed by atoms with Crippen LogP contribution in [0.2, 0.25) is 0 Å². The number of amides is 1. The molecule has 32 heavy (non-hydrogen) atoms. The van der Waals surface area contributed by atoms with E-state index in [0.29, 0.717) is 19.8 Å². The lowest BCUT2D eigenvalue weighted by Crippen LogP contribution is -2.40. The second-order valence-corrected chi connectivity index (χ2v) is 8.07. The topological polar surface area (TPSA) is 114 Å². The van der Waals surface area contributed by atoms with E-state index < -0.39 is 0 Å². The number of carbonyl (C=O) groups is 1. The molecule has 1 aromatic rings. The highest BCUT2D eigenvalue weighted by molar-refractivity contribution is 14.0. The molecule has 3 heterocycles. The average Bonchev–Trinajstić information content (AvgIpc) is 3.32. The maximum Gasteiger partial charge on any atom is 0.220 e. The van der Waals surface area contributed by atoms with Crippen LogP contribution >= 0.6 is 24.0 Å². The van der Waals surface area contributed by atoms with E-state index in [1.165, 1.54) is 0 Å². The summed E-state index contributed by atoms with van der Waals surface area (Å²) in [4.78, 5) is 22.5. The van der Waals surface area contributed by atoms with Gasteiger partial charge in [-0.2, -0.15) is 0 Å². The van der Waals surface area contributed by atoms with Gasteiger partial charge in [0.15, 0.2) is 5.96 Å². The fourth-order valence-corrected chi connectivity index (χ4v) is 4.00. The molecule has 4 N–H and O–H groups in total. The molecule has 2 aliphatic heterocycles. The zero-order chi connectivity index (χ0) is 21.9. The van der Waals surface area contributed by atoms with Gasteiger partial charge in [0.05, 0.1) is 12.7 Å². The van der Waals surface area contributed by atoms with E-state index in [9.17, 15) is 4.79 Å². The summed E-state index contributed by atoms with van der Waals surface area (Å²) in [7, 11) is 1.77. The molecular formula is C22H37IN6O3. The Hall–Kier alpha value is -1.66. The number of aromatic nitrogens is 1. The first-order chi connectivity index (χ1) is 15.2. The van der Waals surface area contributed by atoms with Crippen LogP contribution in [0, 0.1) is 5.92 Å². The molecule has 9 nitrogen and oxygen atoms in total. The van der Waals surface area contributed by atoms with Gasteiger partial charge in [0.25, 0.3) is 0 Å². The molecule has 0 aliphatic carbocycles. The summed E-state index contributed by atoms with van der Waals surface area (Å²) in [6.07, 6.45) is 6.78. The van der Waals surface area contributed by atoms with Crippen LogP contribution in [0.4, 0.5) is 5.82 Å². The largest absolute Gasteiger partial charge is 0.379 e. The number of nitrogens with zero attached hydrogens (tertiary/aromatic N) is 3. The van der Waals surface area contributed by atoms with Crippen LogP contribution < -0.4 is 21.3 Å². The number of pyridine rings is 1. The normalized spacial score (nSPS) is 19.5. The summed E-state index contributed by atoms with van der Waals surface area (Å²) < 4.78 is 11.3. The van der Waals surface area contributed by atoms with Crippen molar-refractivity contribution in [3.05, 3.63) is 23.9 Å². The molecular weight excluding hydrogens is 523 g/mol. The Bertz CT molecular complexity index is 721. The number of halogens is 1. The maximum absolute atomic E-state index is 11.4. The molecule has 0 spiro atoms. The van der Waals surface area contributed by atoms with E-state index in [4.69, 9.17) is 15.2 Å². The Morgan fingerprint density at radius 2 is 2.16 bits per heavy atom. The zero-order valence-corrected chi connectivity index (χ0v) is 21.3. The van der Waals surface area contributed by atoms with Gasteiger partial charge in [-0.05, 0) is 38.2 Å². The number of nitrogens with two attached hydrogens (primary N) is 1. The number of nitrogens with one attached hydrogen (secondary N) is 2. The van der Waals surface area contributed by atoms with Gasteiger partial charge >= 0.3 is 0 Å². The lowest BCUT2D eigenvalue weighted by molar-refractivity contribution is -0.122. The lowest BCUT2D eigenvalue weighted by atomic mass is 9.96. The highest BCUT2D eigenvalue weighted by Crippen LogP contribution is 2.24. The molecule has 3 rings (SSSR count). The van der Waals surface area contributed by atoms with Crippen LogP contribution in [0.25, 0.3) is 0 Å². The number of ether oxygens (including phenoxy) is 2. The molecule has 0 bridgehead atoms. The molecule has 0 radical (unpaired) electrons. The van der Waals surface area contributed by atoms with Gasteiger partial charge in [0.2, 0.25) is 5.91 Å². The molecule has 180 valence electrons. The fraction of sp³-hybridized carbons (Fsp3) is 0.682. The minimum Gasteiger partial charge on any atom is -0.379 e. The van der Waals surface area contributed by atoms with Crippen molar-refractivity contribution in [2.24, 2.45) is 16.6 Å². The monoisotopic (exact) mass is 560 g/mol. The number of primary amides is 1. The molecule has 1 aromatic heterocycles. The van der Waals surface area contributed by atoms with E-state index >= 15 is 0 Å². The minimum atomic E-state index is -0.199. The fourth-order valence-electron chi connectivity index (χ4n) is 4.00. The van der Waals surface area contributed by atoms with Crippen LogP contribution in [-0.4, -0.2) is 69.5 Å². The first-order valence-corrected chi connectivity index (χ1v) is 11.3. The van der Waals surface area contributed by atoms with Crippen molar-refractivity contribution in [3.8, 4) is 0 Å². The Labute approximate surface area is 207 Å². The third kappa shape index (κ3) is 8.36. The molecule has 1 atom stereocenters. The second-order valence-electron chi connectivity index (χ2n) is 8.07. The Morgan fingerprint density at radius 1 is 1.34 bits per heavy atom. The number of hydrogen-bond acceptors (Lipinski definition) is 6. The number of guanidine groups is 1. The van der Waals surface area contributed by atoms with Gasteiger partial charge in [-0.1, -0.05) is 6.07 Å². The van der Waals surface area contributed by atoms with Crippen molar-refractivity contribution in [1.82, 2.24) is 15.6 Å². The summed E-state index contributed by atoms with van der Waals surface area (Å²) in [5.74, 6) is 1.48. The van der Waals surface area contributed by atoms with Crippen molar-refractivity contribution in [2.45, 2.75) is 44.8 Å². The Kier molecular flexibility index (Phi) is 12.0. The van der Waals surface area contributed by atoms with Crippen molar-refractivity contribution in [1.29, 1.82) is 0 Å². The zero-order valence-electron chi connectivity index (χ0n) is 18.9. The molecule has 0 aromatic carbocycles. The van der Waals surface area contributed by atoms with Crippen molar-refractivity contribution >= 4 is 41.7 Å². The molecule has 1 amide bonds. The van der Waals surface area contributed by atoms with Crippen molar-refractivity contribution in [3.63, 3.8) is 0 Å². The van der Waals surface area contributed by atoms with Gasteiger partial charge in [-0.3, -0.25) is 9.79 Å². The number of carbonyl (C=O) groups excluding carboxylic acids is 1. The Balaban J connectivity index is 0.00000363. The third-order valence-electron chi connectivity index (χ3n) is 5.82. The quantitative estimate of drug-likeness (QED) is 0.173. The average molecular weight is 560 g/mol. The van der Waals surface area contributed by atoms with Crippen LogP contribution in [0.5, 0.6) is 0 Å². The number of anilines is 1. The molecule has 2 saturated heterocycles. The molecule has 2 aliphatic rings. The van der Waals surface area contributed by atoms with Crippen LogP contribution in [0.3, 0.4) is 0 Å². The van der Waals surface area contributed by atoms with Crippen LogP contribution in [0.1, 0.15) is 37.7 Å². The standard InChI is InChI=1S/C22H36N6O3.HI/c1-24-22(26-10-4-13-30-16-19-6-3-14-31-19)27-15-18-5-2-9-25-21(18)28-11-7-17(8-12-28)20(23)29;/h2,5,9,17,19H,3-4,6-8,10-16H2,1H3,(H2,23,29)(H2,24,26,27);1H. The Morgan fingerprint density at radius 3 is 2.84 bits per heavy atom. The predicted octanol–water partition coefficient (Wildman–Crippen LogP) is 1.65. The van der Waals surface area contributed by atoms with Gasteiger partial charge < -0.3 is 30.7 Å². The first kappa shape index (κ1) is 26.6. The molecule has 1 unspecified atom stereocenters. The highest BCUT2D eigenvalue weighted by atomic mass is 127. The lowest BCUT2D eigenvalue weighted by Gasteiger charge is -2.32. The number of hydrogen-bond donors (Lipinski definition) is 3. The summed E-state index contributed by atoms with van der Waals surface area (Å²) in [6, 6.07) is 4.01. The summed E-state index contributed by atoms with van der Waals surface area (Å²) in [5.41, 5.74) is 6.56. The smallest absolute Gasteiger partial charge is 0.220 e. The summed E-state index contributed by atoms with van der Waals surface area (Å²) >= 11 is 0. The second kappa shape index (κ2) is 14.5. The summed E-state index contributed by atoms with van der Waals surface area (Å²) in [5, 5.41) is 6.69. The third-order valence-corrected chi connectivity index (χ3v) is 5.82. The van der Waals surface area contributed by atoms with Gasteiger partial charge in [0.1, 0.15) is 5.82 Å². The van der Waals surface area contributed by atoms with E-state index in [2.05, 4.69) is 31.6 Å². The molecule has 10 heteroatoms. The van der Waals surface area contributed by atoms with E-state index in [1.807, 2.05) is 12.3 Å². The molecule has 0 saturated carbocycles. The van der Waals surface area contributed by atoms with Gasteiger partial charge in [-0.25, -0.2) is 4.98 Å². The summed E-state index contributed by atoms with van der Waals surface area (Å²) in [6.45, 7) is 5.24. The van der Waals surface area contributed by atoms with Crippen LogP contribution in [-0.2, 0) is 20.8 Å². The van der Waals surface area contributed by atoms with Crippen LogP contribution in [0.15, 0.2) is 23.3 Å². The predicted molar refractivity (Wildman–Crippen MR) is 136 cm³/mol. The number of aliphatic imine (C=N–C) groups is 1. The van der Waals surface area contributed by atoms with E-state index in [1.54, 1.807) is 7.05 Å². The van der Waals surface area contributed by atoms with E-state index in [-0.39, 0.29) is 41.9 Å². The minimum absolute atomic E-state index is 0. The highest BCUT2D eigenvalue weighted by Gasteiger charge is 2.25. The van der Waals surface area contributed by atoms with Crippen molar-refractivity contribution < 1.29 is 14.3 Å². The molecule has 2 fully saturated rings. The van der Waals surface area contributed by atoms with Crippen molar-refractivity contribution in [2.75, 3.05) is 51.4 Å². The SMILES string of the molecule is CN=C(NCCCOCC1CCCO1)NCc1cccnc1N1CCC(C(N)=O)CC1.I. The van der Waals surface area contributed by atoms with Gasteiger partial charge in [0, 0.05) is 64.1 Å². The maximum atomic E-state index is 11.4. The first-order valence-electron chi connectivity index (χ1n) is 11.3. The number of rotatable bonds is 10. The number of piperidine rings is 1.